The number of aliphatic hydroxyl groups is 4. The Labute approximate surface area is 398 Å². The first-order chi connectivity index (χ1) is 31.5. The van der Waals surface area contributed by atoms with Crippen molar-refractivity contribution in [3.8, 4) is 0 Å². The van der Waals surface area contributed by atoms with Crippen molar-refractivity contribution in [3.05, 3.63) is 12.2 Å². The quantitative estimate of drug-likeness (QED) is 0.0193. The smallest absolute Gasteiger partial charge is 0.394 e. The lowest BCUT2D eigenvalue weighted by atomic mass is 9.99. The van der Waals surface area contributed by atoms with E-state index in [0.717, 1.165) is 38.5 Å². The minimum Gasteiger partial charge on any atom is -0.394 e. The van der Waals surface area contributed by atoms with E-state index in [1.54, 1.807) is 6.08 Å². The first kappa shape index (κ1) is 61.9. The molecule has 0 radical (unpaired) electrons. The van der Waals surface area contributed by atoms with E-state index < -0.39 is 59.9 Å². The fourth-order valence-electron chi connectivity index (χ4n) is 8.87. The average molecular weight is 948 g/mol. The summed E-state index contributed by atoms with van der Waals surface area (Å²) in [6.45, 7) is 3.40. The summed E-state index contributed by atoms with van der Waals surface area (Å²) in [4.78, 5) is 13.1. The molecule has 0 aromatic carbocycles. The van der Waals surface area contributed by atoms with Crippen LogP contribution < -0.4 is 5.32 Å². The van der Waals surface area contributed by atoms with E-state index >= 15 is 0 Å². The van der Waals surface area contributed by atoms with Gasteiger partial charge in [0.1, 0.15) is 24.4 Å². The second kappa shape index (κ2) is 42.9. The molecule has 1 saturated heterocycles. The number of amides is 1. The van der Waals surface area contributed by atoms with Crippen LogP contribution in [0.15, 0.2) is 12.2 Å². The highest BCUT2D eigenvalue weighted by Gasteiger charge is 2.48. The molecule has 12 nitrogen and oxygen atoms in total. The van der Waals surface area contributed by atoms with Crippen molar-refractivity contribution in [1.29, 1.82) is 0 Å². The molecule has 386 valence electrons. The lowest BCUT2D eigenvalue weighted by Crippen LogP contribution is -2.61. The average Bonchev–Trinajstić information content (AvgIpc) is 3.28. The van der Waals surface area contributed by atoms with Gasteiger partial charge in [0.15, 0.2) is 6.29 Å². The Bertz CT molecular complexity index is 1210. The number of carbonyl (C=O) groups excluding carboxylic acids is 1. The molecular weight excluding hydrogens is 847 g/mol. The first-order valence-corrected chi connectivity index (χ1v) is 28.4. The first-order valence-electron chi connectivity index (χ1n) is 27.1. The number of unbranched alkanes of at least 4 members (excludes halogenated alkanes) is 35. The third kappa shape index (κ3) is 35.6. The molecule has 0 aromatic heterocycles. The van der Waals surface area contributed by atoms with Crippen LogP contribution in [0, 0.1) is 0 Å². The number of carbonyl (C=O) groups is 1. The summed E-state index contributed by atoms with van der Waals surface area (Å²) in [7, 11) is -5.08. The Kier molecular flexibility index (Phi) is 40.8. The highest BCUT2D eigenvalue weighted by atomic mass is 32.3. The molecule has 0 aromatic rings. The predicted molar refractivity (Wildman–Crippen MR) is 264 cm³/mol. The molecule has 1 heterocycles. The Morgan fingerprint density at radius 1 is 0.600 bits per heavy atom. The normalized spacial score (nSPS) is 20.1. The summed E-state index contributed by atoms with van der Waals surface area (Å²) < 4.78 is 47.6. The van der Waals surface area contributed by atoms with Gasteiger partial charge in [0.2, 0.25) is 5.91 Å². The van der Waals surface area contributed by atoms with Gasteiger partial charge in [-0.25, -0.2) is 4.18 Å². The molecule has 0 aliphatic carbocycles. The third-order valence-electron chi connectivity index (χ3n) is 13.1. The topological polar surface area (TPSA) is 192 Å². The van der Waals surface area contributed by atoms with Gasteiger partial charge < -0.3 is 35.2 Å². The number of hydrogen-bond acceptors (Lipinski definition) is 10. The maximum absolute atomic E-state index is 13.1. The largest absolute Gasteiger partial charge is 0.397 e. The summed E-state index contributed by atoms with van der Waals surface area (Å²) in [5.41, 5.74) is 0. The molecule has 7 atom stereocenters. The van der Waals surface area contributed by atoms with E-state index in [1.165, 1.54) is 193 Å². The van der Waals surface area contributed by atoms with Crippen molar-refractivity contribution >= 4 is 16.3 Å². The fraction of sp³-hybridized carbons (Fsp3) is 0.942. The number of aliphatic hydroxyl groups excluding tert-OH is 4. The minimum absolute atomic E-state index is 0.258. The van der Waals surface area contributed by atoms with Crippen molar-refractivity contribution in [2.75, 3.05) is 13.2 Å². The zero-order chi connectivity index (χ0) is 47.6. The van der Waals surface area contributed by atoms with Gasteiger partial charge in [0.25, 0.3) is 0 Å². The summed E-state index contributed by atoms with van der Waals surface area (Å²) >= 11 is 0. The van der Waals surface area contributed by atoms with E-state index in [9.17, 15) is 38.2 Å². The lowest BCUT2D eigenvalue weighted by molar-refractivity contribution is -0.298. The molecular formula is C52H101NO11S. The number of hydrogen-bond donors (Lipinski definition) is 6. The second-order valence-electron chi connectivity index (χ2n) is 19.2. The van der Waals surface area contributed by atoms with Gasteiger partial charge in [0, 0.05) is 6.42 Å². The van der Waals surface area contributed by atoms with E-state index in [0.29, 0.717) is 6.42 Å². The second-order valence-corrected chi connectivity index (χ2v) is 20.2. The van der Waals surface area contributed by atoms with Crippen LogP contribution in [0.25, 0.3) is 0 Å². The minimum atomic E-state index is -5.08. The summed E-state index contributed by atoms with van der Waals surface area (Å²) in [5, 5.41) is 44.7. The number of ether oxygens (including phenoxy) is 2. The Morgan fingerprint density at radius 3 is 1.34 bits per heavy atom. The van der Waals surface area contributed by atoms with Crippen molar-refractivity contribution < 1.29 is 51.8 Å². The van der Waals surface area contributed by atoms with E-state index in [1.807, 2.05) is 6.08 Å². The maximum atomic E-state index is 13.1. The highest BCUT2D eigenvalue weighted by Crippen LogP contribution is 2.26. The zero-order valence-corrected chi connectivity index (χ0v) is 42.4. The molecule has 0 saturated carbocycles. The van der Waals surface area contributed by atoms with Gasteiger partial charge in [0.05, 0.1) is 25.4 Å². The van der Waals surface area contributed by atoms with Crippen LogP contribution in [0.2, 0.25) is 0 Å². The Morgan fingerprint density at radius 2 is 0.969 bits per heavy atom. The molecule has 6 N–H and O–H groups in total. The van der Waals surface area contributed by atoms with Crippen molar-refractivity contribution in [1.82, 2.24) is 5.32 Å². The molecule has 65 heavy (non-hydrogen) atoms. The highest BCUT2D eigenvalue weighted by molar-refractivity contribution is 7.80. The zero-order valence-electron chi connectivity index (χ0n) is 41.6. The van der Waals surface area contributed by atoms with Gasteiger partial charge in [-0.2, -0.15) is 8.42 Å². The monoisotopic (exact) mass is 948 g/mol. The standard InChI is InChI=1S/C52H101NO11S/c1-3-5-7-9-11-13-15-16-17-18-19-20-21-22-23-24-25-26-27-28-29-30-32-34-36-38-40-42-48(56)53-45(46(55)41-39-37-35-33-31-14-12-10-8-6-4-2)44-62-52-50(58)51(64-65(59,60)61)49(57)47(43-54)63-52/h39,41,45-47,49-52,54-55,57-58H,3-38,40,42-44H2,1-2H3,(H,53,56)(H,59,60,61)/b41-39+. The van der Waals surface area contributed by atoms with Crippen molar-refractivity contribution in [2.24, 2.45) is 0 Å². The number of rotatable bonds is 47. The molecule has 1 amide bonds. The molecule has 0 spiro atoms. The van der Waals surface area contributed by atoms with Crippen LogP contribution in [-0.2, 0) is 28.9 Å². The molecule has 0 bridgehead atoms. The van der Waals surface area contributed by atoms with Crippen LogP contribution in [0.3, 0.4) is 0 Å². The van der Waals surface area contributed by atoms with Crippen LogP contribution in [-0.4, -0.2) is 95.4 Å². The van der Waals surface area contributed by atoms with Crippen LogP contribution in [0.4, 0.5) is 0 Å². The molecule has 1 fully saturated rings. The van der Waals surface area contributed by atoms with Crippen LogP contribution >= 0.6 is 0 Å². The van der Waals surface area contributed by atoms with Crippen LogP contribution in [0.1, 0.15) is 258 Å². The number of allylic oxidation sites excluding steroid dienone is 1. The molecule has 1 rings (SSSR count). The van der Waals surface area contributed by atoms with Gasteiger partial charge in [-0.3, -0.25) is 9.35 Å². The Hall–Kier alpha value is -1.16. The van der Waals surface area contributed by atoms with Gasteiger partial charge in [-0.1, -0.05) is 244 Å². The van der Waals surface area contributed by atoms with E-state index in [-0.39, 0.29) is 18.9 Å². The van der Waals surface area contributed by atoms with Gasteiger partial charge in [-0.05, 0) is 19.3 Å². The Balaban J connectivity index is 2.28. The molecule has 13 heteroatoms. The predicted octanol–water partition coefficient (Wildman–Crippen LogP) is 11.9. The summed E-state index contributed by atoms with van der Waals surface area (Å²) in [6.07, 6.45) is 41.3. The third-order valence-corrected chi connectivity index (χ3v) is 13.5. The van der Waals surface area contributed by atoms with Crippen LogP contribution in [0.5, 0.6) is 0 Å². The SMILES string of the molecule is CCCCCCCCCCC/C=C/C(O)C(COC1OC(CO)C(O)C(OS(=O)(=O)O)C1O)NC(=O)CCCCCCCCCCCCCCCCCCCCCCCCCCCCC. The number of nitrogens with one attached hydrogen (secondary N) is 1. The van der Waals surface area contributed by atoms with E-state index in [4.69, 9.17) is 9.47 Å². The lowest BCUT2D eigenvalue weighted by Gasteiger charge is -2.41. The molecule has 1 aliphatic rings. The van der Waals surface area contributed by atoms with Crippen molar-refractivity contribution in [3.63, 3.8) is 0 Å². The molecule has 1 aliphatic heterocycles. The van der Waals surface area contributed by atoms with E-state index in [2.05, 4.69) is 23.3 Å². The maximum Gasteiger partial charge on any atom is 0.397 e. The van der Waals surface area contributed by atoms with Gasteiger partial charge >= 0.3 is 10.4 Å². The fourth-order valence-corrected chi connectivity index (χ4v) is 9.38. The summed E-state index contributed by atoms with van der Waals surface area (Å²) in [6, 6.07) is -0.938. The molecule has 7 unspecified atom stereocenters. The van der Waals surface area contributed by atoms with Gasteiger partial charge in [-0.15, -0.1) is 0 Å². The van der Waals surface area contributed by atoms with Crippen molar-refractivity contribution in [2.45, 2.75) is 301 Å². The summed E-state index contributed by atoms with van der Waals surface area (Å²) in [5.74, 6) is -0.258.